The predicted molar refractivity (Wildman–Crippen MR) is 78.3 cm³/mol. The lowest BCUT2D eigenvalue weighted by Crippen LogP contribution is -2.02. The van der Waals surface area contributed by atoms with E-state index in [1.165, 1.54) is 0 Å². The van der Waals surface area contributed by atoms with Crippen molar-refractivity contribution in [3.8, 4) is 5.75 Å². The number of carboxylic acid groups (broad SMARTS) is 1. The van der Waals surface area contributed by atoms with Crippen LogP contribution in [0.5, 0.6) is 5.75 Å². The van der Waals surface area contributed by atoms with Crippen LogP contribution < -0.4 is 0 Å². The molecule has 0 heterocycles. The number of aryl methyl sites for hydroxylation is 1. The van der Waals surface area contributed by atoms with Crippen molar-refractivity contribution in [1.82, 2.24) is 0 Å². The van der Waals surface area contributed by atoms with Gasteiger partial charge in [-0.1, -0.05) is 49.7 Å². The smallest absolute Gasteiger partial charge is 0.339 e. The van der Waals surface area contributed by atoms with E-state index in [-0.39, 0.29) is 11.3 Å². The maximum absolute atomic E-state index is 11.2. The fourth-order valence-electron chi connectivity index (χ4n) is 2.31. The maximum atomic E-state index is 11.2. The van der Waals surface area contributed by atoms with Crippen LogP contribution in [0.3, 0.4) is 0 Å². The molecule has 2 N–H and O–H groups in total. The third-order valence-electron chi connectivity index (χ3n) is 3.26. The van der Waals surface area contributed by atoms with Crippen LogP contribution in [0.4, 0.5) is 0 Å². The molecule has 0 unspecified atom stereocenters. The molecular formula is C17H18O3. The van der Waals surface area contributed by atoms with Crippen molar-refractivity contribution in [1.29, 1.82) is 0 Å². The monoisotopic (exact) mass is 270 g/mol. The van der Waals surface area contributed by atoms with Crippen LogP contribution in [0.25, 0.3) is 0 Å². The maximum Gasteiger partial charge on any atom is 0.339 e. The van der Waals surface area contributed by atoms with Crippen molar-refractivity contribution in [2.24, 2.45) is 0 Å². The number of hydrogen-bond acceptors (Lipinski definition) is 2. The van der Waals surface area contributed by atoms with Crippen molar-refractivity contribution >= 4 is 5.97 Å². The van der Waals surface area contributed by atoms with Crippen molar-refractivity contribution in [2.45, 2.75) is 26.2 Å². The summed E-state index contributed by atoms with van der Waals surface area (Å²) in [6.07, 6.45) is 2.28. The van der Waals surface area contributed by atoms with Gasteiger partial charge in [0.2, 0.25) is 0 Å². The Morgan fingerprint density at radius 3 is 2.40 bits per heavy atom. The van der Waals surface area contributed by atoms with Crippen molar-refractivity contribution in [3.63, 3.8) is 0 Å². The molecule has 3 heteroatoms. The molecule has 0 amide bonds. The first-order chi connectivity index (χ1) is 9.61. The van der Waals surface area contributed by atoms with Crippen LogP contribution in [-0.4, -0.2) is 16.2 Å². The number of phenols is 1. The molecule has 0 saturated carbocycles. The summed E-state index contributed by atoms with van der Waals surface area (Å²) in [6, 6.07) is 13.2. The van der Waals surface area contributed by atoms with Gasteiger partial charge in [0, 0.05) is 6.42 Å². The molecule has 0 aliphatic rings. The number of hydrogen-bond donors (Lipinski definition) is 2. The number of benzene rings is 2. The minimum Gasteiger partial charge on any atom is -0.507 e. The number of rotatable bonds is 5. The van der Waals surface area contributed by atoms with Gasteiger partial charge < -0.3 is 10.2 Å². The minimum atomic E-state index is -1.09. The number of aromatic hydroxyl groups is 1. The van der Waals surface area contributed by atoms with E-state index in [2.05, 4.69) is 0 Å². The molecular weight excluding hydrogens is 252 g/mol. The Balaban J connectivity index is 2.42. The molecule has 0 spiro atoms. The molecule has 0 radical (unpaired) electrons. The molecule has 0 bridgehead atoms. The van der Waals surface area contributed by atoms with Crippen LogP contribution in [0.1, 0.15) is 40.4 Å². The Labute approximate surface area is 118 Å². The van der Waals surface area contributed by atoms with E-state index in [1.807, 2.05) is 43.3 Å². The Bertz CT molecular complexity index is 603. The summed E-state index contributed by atoms with van der Waals surface area (Å²) in [7, 11) is 0. The third kappa shape index (κ3) is 3.18. The largest absolute Gasteiger partial charge is 0.507 e. The van der Waals surface area contributed by atoms with E-state index in [4.69, 9.17) is 0 Å². The highest BCUT2D eigenvalue weighted by molar-refractivity contribution is 5.91. The molecule has 0 aliphatic heterocycles. The van der Waals surface area contributed by atoms with Crippen molar-refractivity contribution < 1.29 is 15.0 Å². The Morgan fingerprint density at radius 1 is 1.10 bits per heavy atom. The zero-order valence-corrected chi connectivity index (χ0v) is 11.5. The van der Waals surface area contributed by atoms with E-state index in [0.717, 1.165) is 24.0 Å². The molecule has 2 aromatic rings. The van der Waals surface area contributed by atoms with Crippen LogP contribution >= 0.6 is 0 Å². The number of carboxylic acids is 1. The predicted octanol–water partition coefficient (Wildman–Crippen LogP) is 3.63. The summed E-state index contributed by atoms with van der Waals surface area (Å²) in [4.78, 5) is 11.2. The SMILES string of the molecule is CCCc1cc(Cc2ccccc2)c(O)c(C(=O)O)c1. The average molecular weight is 270 g/mol. The summed E-state index contributed by atoms with van der Waals surface area (Å²) in [6.45, 7) is 2.05. The van der Waals surface area contributed by atoms with Crippen LogP contribution in [-0.2, 0) is 12.8 Å². The van der Waals surface area contributed by atoms with E-state index in [9.17, 15) is 15.0 Å². The first-order valence-electron chi connectivity index (χ1n) is 6.73. The average Bonchev–Trinajstić information content (AvgIpc) is 2.43. The second-order valence-electron chi connectivity index (χ2n) is 4.87. The fraction of sp³-hybridized carbons (Fsp3) is 0.235. The van der Waals surface area contributed by atoms with Gasteiger partial charge in [0.05, 0.1) is 0 Å². The molecule has 2 aromatic carbocycles. The lowest BCUT2D eigenvalue weighted by atomic mass is 9.96. The minimum absolute atomic E-state index is 0.0121. The van der Waals surface area contributed by atoms with E-state index < -0.39 is 5.97 Å². The van der Waals surface area contributed by atoms with Gasteiger partial charge in [0.25, 0.3) is 0 Å². The topological polar surface area (TPSA) is 57.5 Å². The van der Waals surface area contributed by atoms with Gasteiger partial charge in [-0.25, -0.2) is 4.79 Å². The summed E-state index contributed by atoms with van der Waals surface area (Å²) in [5.41, 5.74) is 2.66. The van der Waals surface area contributed by atoms with Gasteiger partial charge in [-0.05, 0) is 29.2 Å². The molecule has 0 saturated heterocycles. The molecule has 2 rings (SSSR count). The van der Waals surface area contributed by atoms with Gasteiger partial charge in [0.1, 0.15) is 11.3 Å². The highest BCUT2D eigenvalue weighted by atomic mass is 16.4. The molecule has 104 valence electrons. The Morgan fingerprint density at radius 2 is 1.80 bits per heavy atom. The highest BCUT2D eigenvalue weighted by Crippen LogP contribution is 2.27. The van der Waals surface area contributed by atoms with Crippen LogP contribution in [0, 0.1) is 0 Å². The standard InChI is InChI=1S/C17H18O3/c1-2-6-13-10-14(9-12-7-4-3-5-8-12)16(18)15(11-13)17(19)20/h3-5,7-8,10-11,18H,2,6,9H2,1H3,(H,19,20). The first kappa shape index (κ1) is 14.1. The van der Waals surface area contributed by atoms with Gasteiger partial charge >= 0.3 is 5.97 Å². The summed E-state index contributed by atoms with van der Waals surface area (Å²) in [5.74, 6) is -1.21. The van der Waals surface area contributed by atoms with Gasteiger partial charge in [-0.2, -0.15) is 0 Å². The lowest BCUT2D eigenvalue weighted by Gasteiger charge is -2.11. The normalized spacial score (nSPS) is 10.4. The molecule has 20 heavy (non-hydrogen) atoms. The van der Waals surface area contributed by atoms with E-state index in [0.29, 0.717) is 12.0 Å². The summed E-state index contributed by atoms with van der Waals surface area (Å²) in [5, 5.41) is 19.3. The second-order valence-corrected chi connectivity index (χ2v) is 4.87. The lowest BCUT2D eigenvalue weighted by molar-refractivity contribution is 0.0693. The summed E-state index contributed by atoms with van der Waals surface area (Å²) >= 11 is 0. The van der Waals surface area contributed by atoms with Crippen molar-refractivity contribution in [3.05, 3.63) is 64.7 Å². The zero-order chi connectivity index (χ0) is 14.5. The number of aromatic carboxylic acids is 1. The van der Waals surface area contributed by atoms with E-state index in [1.54, 1.807) is 6.07 Å². The quantitative estimate of drug-likeness (QED) is 0.872. The molecule has 0 atom stereocenters. The Kier molecular flexibility index (Phi) is 4.41. The first-order valence-corrected chi connectivity index (χ1v) is 6.73. The molecule has 3 nitrogen and oxygen atoms in total. The van der Waals surface area contributed by atoms with Crippen molar-refractivity contribution in [2.75, 3.05) is 0 Å². The third-order valence-corrected chi connectivity index (χ3v) is 3.26. The van der Waals surface area contributed by atoms with E-state index >= 15 is 0 Å². The summed E-state index contributed by atoms with van der Waals surface area (Å²) < 4.78 is 0. The Hall–Kier alpha value is -2.29. The van der Waals surface area contributed by atoms with Gasteiger partial charge in [0.15, 0.2) is 0 Å². The zero-order valence-electron chi connectivity index (χ0n) is 11.5. The molecule has 0 aromatic heterocycles. The van der Waals surface area contributed by atoms with Gasteiger partial charge in [-0.15, -0.1) is 0 Å². The highest BCUT2D eigenvalue weighted by Gasteiger charge is 2.15. The second kappa shape index (κ2) is 6.24. The van der Waals surface area contributed by atoms with Crippen LogP contribution in [0.15, 0.2) is 42.5 Å². The van der Waals surface area contributed by atoms with Crippen LogP contribution in [0.2, 0.25) is 0 Å². The molecule has 0 aliphatic carbocycles. The fourth-order valence-corrected chi connectivity index (χ4v) is 2.31. The number of carbonyl (C=O) groups is 1. The van der Waals surface area contributed by atoms with Gasteiger partial charge in [-0.3, -0.25) is 0 Å². The molecule has 0 fully saturated rings.